The number of ether oxygens (including phenoxy) is 2. The zero-order valence-corrected chi connectivity index (χ0v) is 13.1. The molecule has 0 aliphatic heterocycles. The van der Waals surface area contributed by atoms with Crippen molar-refractivity contribution < 1.29 is 9.47 Å². The van der Waals surface area contributed by atoms with Crippen LogP contribution in [-0.2, 0) is 6.42 Å². The van der Waals surface area contributed by atoms with Gasteiger partial charge in [-0.25, -0.2) is 0 Å². The van der Waals surface area contributed by atoms with Gasteiger partial charge in [-0.05, 0) is 30.7 Å². The highest BCUT2D eigenvalue weighted by molar-refractivity contribution is 5.51. The average molecular weight is 285 g/mol. The van der Waals surface area contributed by atoms with E-state index in [1.54, 1.807) is 14.2 Å². The topological polar surface area (TPSA) is 30.5 Å². The lowest BCUT2D eigenvalue weighted by Crippen LogP contribution is -2.18. The van der Waals surface area contributed by atoms with Crippen molar-refractivity contribution >= 4 is 0 Å². The van der Waals surface area contributed by atoms with E-state index in [0.29, 0.717) is 0 Å². The van der Waals surface area contributed by atoms with Crippen LogP contribution in [0.15, 0.2) is 42.5 Å². The Morgan fingerprint density at radius 1 is 1.05 bits per heavy atom. The largest absolute Gasteiger partial charge is 0.493 e. The number of benzene rings is 2. The van der Waals surface area contributed by atoms with Crippen molar-refractivity contribution in [3.05, 3.63) is 59.2 Å². The smallest absolute Gasteiger partial charge is 0.165 e. The Bertz CT molecular complexity index is 596. The first-order chi connectivity index (χ1) is 10.2. The summed E-state index contributed by atoms with van der Waals surface area (Å²) in [4.78, 5) is 0. The first kappa shape index (κ1) is 15.4. The predicted molar refractivity (Wildman–Crippen MR) is 86.3 cm³/mol. The maximum absolute atomic E-state index is 5.56. The molecule has 0 saturated carbocycles. The van der Waals surface area contributed by atoms with Crippen LogP contribution in [0.4, 0.5) is 0 Å². The molecule has 1 atom stereocenters. The number of nitrogens with one attached hydrogen (secondary N) is 1. The van der Waals surface area contributed by atoms with E-state index in [9.17, 15) is 0 Å². The summed E-state index contributed by atoms with van der Waals surface area (Å²) >= 11 is 0. The number of para-hydroxylation sites is 1. The van der Waals surface area contributed by atoms with Crippen molar-refractivity contribution in [2.24, 2.45) is 0 Å². The third kappa shape index (κ3) is 3.19. The van der Waals surface area contributed by atoms with E-state index in [1.165, 1.54) is 11.1 Å². The third-order valence-electron chi connectivity index (χ3n) is 3.73. The molecule has 1 N–H and O–H groups in total. The van der Waals surface area contributed by atoms with Crippen molar-refractivity contribution in [2.75, 3.05) is 21.3 Å². The summed E-state index contributed by atoms with van der Waals surface area (Å²) in [6, 6.07) is 14.7. The number of aryl methyl sites for hydroxylation is 1. The summed E-state index contributed by atoms with van der Waals surface area (Å²) in [6.45, 7) is 2.17. The van der Waals surface area contributed by atoms with Crippen LogP contribution in [0.5, 0.6) is 11.5 Å². The van der Waals surface area contributed by atoms with Gasteiger partial charge in [-0.15, -0.1) is 0 Å². The van der Waals surface area contributed by atoms with Crippen molar-refractivity contribution in [1.29, 1.82) is 0 Å². The molecule has 0 aliphatic carbocycles. The molecule has 0 heterocycles. The number of hydrogen-bond acceptors (Lipinski definition) is 3. The first-order valence-electron chi connectivity index (χ1n) is 7.22. The van der Waals surface area contributed by atoms with Gasteiger partial charge in [0.15, 0.2) is 11.5 Å². The Kier molecular flexibility index (Phi) is 5.23. The molecule has 3 nitrogen and oxygen atoms in total. The van der Waals surface area contributed by atoms with Crippen molar-refractivity contribution in [2.45, 2.75) is 19.4 Å². The second-order valence-electron chi connectivity index (χ2n) is 4.90. The fourth-order valence-corrected chi connectivity index (χ4v) is 2.63. The Balaban J connectivity index is 2.50. The minimum Gasteiger partial charge on any atom is -0.493 e. The molecule has 0 saturated heterocycles. The second-order valence-corrected chi connectivity index (χ2v) is 4.90. The lowest BCUT2D eigenvalue weighted by Gasteiger charge is -2.21. The molecule has 0 spiro atoms. The molecule has 2 aromatic carbocycles. The van der Waals surface area contributed by atoms with Gasteiger partial charge in [-0.3, -0.25) is 0 Å². The molecule has 0 bridgehead atoms. The van der Waals surface area contributed by atoms with Crippen LogP contribution in [0, 0.1) is 0 Å². The highest BCUT2D eigenvalue weighted by atomic mass is 16.5. The average Bonchev–Trinajstić information content (AvgIpc) is 2.55. The summed E-state index contributed by atoms with van der Waals surface area (Å²) in [7, 11) is 5.30. The summed E-state index contributed by atoms with van der Waals surface area (Å²) in [5.41, 5.74) is 3.63. The highest BCUT2D eigenvalue weighted by Gasteiger charge is 2.19. The molecular weight excluding hydrogens is 262 g/mol. The number of rotatable bonds is 6. The fraction of sp³-hybridized carbons (Fsp3) is 0.333. The molecule has 1 unspecified atom stereocenters. The maximum Gasteiger partial charge on any atom is 0.165 e. The predicted octanol–water partition coefficient (Wildman–Crippen LogP) is 3.58. The van der Waals surface area contributed by atoms with E-state index in [2.05, 4.69) is 42.6 Å². The monoisotopic (exact) mass is 285 g/mol. The van der Waals surface area contributed by atoms with E-state index in [1.807, 2.05) is 19.2 Å². The van der Waals surface area contributed by atoms with E-state index >= 15 is 0 Å². The first-order valence-corrected chi connectivity index (χ1v) is 7.22. The zero-order chi connectivity index (χ0) is 15.2. The molecule has 0 fully saturated rings. The van der Waals surface area contributed by atoms with Gasteiger partial charge < -0.3 is 14.8 Å². The molecule has 3 heteroatoms. The van der Waals surface area contributed by atoms with Crippen LogP contribution in [0.3, 0.4) is 0 Å². The van der Waals surface area contributed by atoms with Gasteiger partial charge in [0, 0.05) is 5.56 Å². The SMILES string of the molecule is CCc1cccc(C(NC)c2cccc(OC)c2OC)c1. The third-order valence-corrected chi connectivity index (χ3v) is 3.73. The Morgan fingerprint density at radius 2 is 1.81 bits per heavy atom. The highest BCUT2D eigenvalue weighted by Crippen LogP contribution is 2.37. The molecule has 0 aliphatic rings. The molecule has 112 valence electrons. The van der Waals surface area contributed by atoms with Gasteiger partial charge in [0.25, 0.3) is 0 Å². The van der Waals surface area contributed by atoms with Gasteiger partial charge in [-0.2, -0.15) is 0 Å². The summed E-state index contributed by atoms with van der Waals surface area (Å²) in [6.07, 6.45) is 1.03. The van der Waals surface area contributed by atoms with E-state index in [0.717, 1.165) is 23.5 Å². The van der Waals surface area contributed by atoms with Crippen molar-refractivity contribution in [3.63, 3.8) is 0 Å². The lowest BCUT2D eigenvalue weighted by atomic mass is 9.95. The Labute approximate surface area is 126 Å². The standard InChI is InChI=1S/C18H23NO2/c1-5-13-8-6-9-14(12-13)17(19-2)15-10-7-11-16(20-3)18(15)21-4/h6-12,17,19H,5H2,1-4H3. The van der Waals surface area contributed by atoms with Gasteiger partial charge in [0.05, 0.1) is 20.3 Å². The minimum absolute atomic E-state index is 0.0709. The van der Waals surface area contributed by atoms with Crippen molar-refractivity contribution in [1.82, 2.24) is 5.32 Å². The summed E-state index contributed by atoms with van der Waals surface area (Å²) in [5.74, 6) is 1.53. The molecule has 0 amide bonds. The van der Waals surface area contributed by atoms with Gasteiger partial charge in [-0.1, -0.05) is 43.3 Å². The number of methoxy groups -OCH3 is 2. The lowest BCUT2D eigenvalue weighted by molar-refractivity contribution is 0.349. The van der Waals surface area contributed by atoms with Gasteiger partial charge in [0.2, 0.25) is 0 Å². The Morgan fingerprint density at radius 3 is 2.43 bits per heavy atom. The van der Waals surface area contributed by atoms with Gasteiger partial charge >= 0.3 is 0 Å². The fourth-order valence-electron chi connectivity index (χ4n) is 2.63. The van der Waals surface area contributed by atoms with Crippen LogP contribution >= 0.6 is 0 Å². The Hall–Kier alpha value is -2.00. The molecule has 2 aromatic rings. The van der Waals surface area contributed by atoms with Crippen LogP contribution in [-0.4, -0.2) is 21.3 Å². The normalized spacial score (nSPS) is 12.0. The van der Waals surface area contributed by atoms with Crippen molar-refractivity contribution in [3.8, 4) is 11.5 Å². The molecule has 0 aromatic heterocycles. The maximum atomic E-state index is 5.56. The van der Waals surface area contributed by atoms with E-state index < -0.39 is 0 Å². The van der Waals surface area contributed by atoms with Crippen LogP contribution in [0.1, 0.15) is 29.7 Å². The van der Waals surface area contributed by atoms with Gasteiger partial charge in [0.1, 0.15) is 0 Å². The van der Waals surface area contributed by atoms with Crippen LogP contribution in [0.2, 0.25) is 0 Å². The quantitative estimate of drug-likeness (QED) is 0.880. The van der Waals surface area contributed by atoms with E-state index in [-0.39, 0.29) is 6.04 Å². The number of hydrogen-bond donors (Lipinski definition) is 1. The minimum atomic E-state index is 0.0709. The molecular formula is C18H23NO2. The molecule has 0 radical (unpaired) electrons. The van der Waals surface area contributed by atoms with E-state index in [4.69, 9.17) is 9.47 Å². The zero-order valence-electron chi connectivity index (χ0n) is 13.1. The van der Waals surface area contributed by atoms with Crippen LogP contribution in [0.25, 0.3) is 0 Å². The molecule has 2 rings (SSSR count). The summed E-state index contributed by atoms with van der Waals surface area (Å²) in [5, 5.41) is 3.38. The molecule has 21 heavy (non-hydrogen) atoms. The second kappa shape index (κ2) is 7.14. The van der Waals surface area contributed by atoms with Crippen LogP contribution < -0.4 is 14.8 Å². The summed E-state index contributed by atoms with van der Waals surface area (Å²) < 4.78 is 11.0.